The molecule has 0 unspecified atom stereocenters. The first kappa shape index (κ1) is 29.4. The van der Waals surface area contributed by atoms with Crippen molar-refractivity contribution in [3.63, 3.8) is 0 Å². The summed E-state index contributed by atoms with van der Waals surface area (Å²) in [6.45, 7) is 5.91. The molecule has 6 nitrogen and oxygen atoms in total. The predicted octanol–water partition coefficient (Wildman–Crippen LogP) is 6.72. The van der Waals surface area contributed by atoms with Gasteiger partial charge in [0.15, 0.2) is 11.5 Å². The van der Waals surface area contributed by atoms with Crippen molar-refractivity contribution >= 4 is 21.5 Å². The van der Waals surface area contributed by atoms with Gasteiger partial charge in [-0.2, -0.15) is 0 Å². The Morgan fingerprint density at radius 1 is 0.605 bits per heavy atom. The zero-order valence-electron chi connectivity index (χ0n) is 25.1. The molecule has 0 saturated heterocycles. The van der Waals surface area contributed by atoms with Crippen LogP contribution in [0.5, 0.6) is 11.5 Å². The van der Waals surface area contributed by atoms with Gasteiger partial charge in [-0.05, 0) is 70.3 Å². The lowest BCUT2D eigenvalue weighted by Crippen LogP contribution is -2.20. The molecule has 0 spiro atoms. The van der Waals surface area contributed by atoms with E-state index in [0.29, 0.717) is 52.9 Å². The number of hydrogen-bond acceptors (Lipinski definition) is 6. The topological polar surface area (TPSA) is 49.4 Å². The Kier molecular flexibility index (Phi) is 10.0. The molecule has 1 aliphatic heterocycles. The summed E-state index contributed by atoms with van der Waals surface area (Å²) in [6.07, 6.45) is 8.48. The van der Waals surface area contributed by atoms with E-state index in [1.54, 1.807) is 0 Å². The van der Waals surface area contributed by atoms with Gasteiger partial charge in [0.2, 0.25) is 0 Å². The van der Waals surface area contributed by atoms with E-state index in [2.05, 4.69) is 90.8 Å². The number of hydrogen-bond donors (Lipinski definition) is 0. The molecule has 0 fully saturated rings. The van der Waals surface area contributed by atoms with Crippen LogP contribution in [0, 0.1) is 0 Å². The summed E-state index contributed by atoms with van der Waals surface area (Å²) < 4.78 is 29.1. The average molecular weight is 580 g/mol. The van der Waals surface area contributed by atoms with Gasteiger partial charge in [-0.15, -0.1) is 0 Å². The lowest BCUT2D eigenvalue weighted by molar-refractivity contribution is 0.00708. The van der Waals surface area contributed by atoms with Crippen LogP contribution in [0.2, 0.25) is 0 Å². The van der Waals surface area contributed by atoms with Crippen LogP contribution in [-0.2, 0) is 27.2 Å². The van der Waals surface area contributed by atoms with Gasteiger partial charge in [-0.25, -0.2) is 0 Å². The summed E-state index contributed by atoms with van der Waals surface area (Å²) in [5, 5.41) is 5.23. The molecule has 1 heterocycles. The number of allylic oxidation sites excluding steroid dienone is 3. The molecule has 0 aromatic heterocycles. The van der Waals surface area contributed by atoms with Crippen LogP contribution in [0.4, 0.5) is 0 Å². The van der Waals surface area contributed by atoms with Crippen LogP contribution in [0.15, 0.2) is 90.5 Å². The fraction of sp³-hybridized carbons (Fsp3) is 0.351. The second kappa shape index (κ2) is 14.7. The Morgan fingerprint density at radius 2 is 1.16 bits per heavy atom. The molecular formula is C37H41NO5. The van der Waals surface area contributed by atoms with Crippen molar-refractivity contribution in [2.45, 2.75) is 19.4 Å². The van der Waals surface area contributed by atoms with E-state index in [1.165, 1.54) is 43.8 Å². The summed E-state index contributed by atoms with van der Waals surface area (Å²) in [4.78, 5) is 2.43. The van der Waals surface area contributed by atoms with E-state index in [1.807, 2.05) is 6.07 Å². The minimum atomic E-state index is 0.442. The molecule has 0 N–H and O–H groups in total. The van der Waals surface area contributed by atoms with E-state index in [4.69, 9.17) is 23.7 Å². The van der Waals surface area contributed by atoms with Crippen molar-refractivity contribution in [1.82, 2.24) is 4.90 Å². The molecule has 4 aromatic carbocycles. The Balaban J connectivity index is 1.31. The highest BCUT2D eigenvalue weighted by molar-refractivity contribution is 6.06. The summed E-state index contributed by atoms with van der Waals surface area (Å²) in [5.74, 6) is 1.45. The largest absolute Gasteiger partial charge is 0.487 e. The second-order valence-corrected chi connectivity index (χ2v) is 11.2. The lowest BCUT2D eigenvalue weighted by atomic mass is 9.88. The SMILES string of the molecule is CN(CC1=CC=CC1)Cc1c2ccccc2c(Cc2ccc3c(c2)OCCOCCOCCOCCO3)c2ccccc12. The number of nitrogens with zero attached hydrogens (tertiary/aromatic N) is 1. The molecule has 6 rings (SSSR count). The zero-order valence-corrected chi connectivity index (χ0v) is 25.1. The molecule has 4 aromatic rings. The second-order valence-electron chi connectivity index (χ2n) is 11.2. The maximum atomic E-state index is 6.19. The Bertz CT molecular complexity index is 1540. The first-order chi connectivity index (χ1) is 21.3. The molecule has 0 amide bonds. The number of fused-ring (bicyclic) bond motifs is 3. The van der Waals surface area contributed by atoms with E-state index in [-0.39, 0.29) is 0 Å². The molecule has 0 bridgehead atoms. The Hall–Kier alpha value is -3.68. The number of rotatable bonds is 6. The third kappa shape index (κ3) is 7.46. The highest BCUT2D eigenvalue weighted by Gasteiger charge is 2.17. The molecular weight excluding hydrogens is 538 g/mol. The predicted molar refractivity (Wildman–Crippen MR) is 172 cm³/mol. The van der Waals surface area contributed by atoms with E-state index in [0.717, 1.165) is 37.4 Å². The van der Waals surface area contributed by atoms with Crippen LogP contribution in [0.25, 0.3) is 21.5 Å². The van der Waals surface area contributed by atoms with E-state index in [9.17, 15) is 0 Å². The average Bonchev–Trinajstić information content (AvgIpc) is 3.54. The highest BCUT2D eigenvalue weighted by Crippen LogP contribution is 2.37. The fourth-order valence-electron chi connectivity index (χ4n) is 6.01. The fourth-order valence-corrected chi connectivity index (χ4v) is 6.01. The third-order valence-electron chi connectivity index (χ3n) is 8.01. The summed E-state index contributed by atoms with van der Waals surface area (Å²) in [7, 11) is 2.22. The number of ether oxygens (including phenoxy) is 5. The van der Waals surface area contributed by atoms with Gasteiger partial charge in [0.05, 0.1) is 39.6 Å². The molecule has 2 aliphatic rings. The van der Waals surface area contributed by atoms with Gasteiger partial charge >= 0.3 is 0 Å². The van der Waals surface area contributed by atoms with Crippen molar-refractivity contribution in [2.24, 2.45) is 0 Å². The summed E-state index contributed by atoms with van der Waals surface area (Å²) >= 11 is 0. The number of benzene rings is 4. The molecule has 0 atom stereocenters. The highest BCUT2D eigenvalue weighted by atomic mass is 16.6. The maximum Gasteiger partial charge on any atom is 0.161 e. The van der Waals surface area contributed by atoms with Crippen LogP contribution < -0.4 is 9.47 Å². The van der Waals surface area contributed by atoms with Crippen LogP contribution in [0.1, 0.15) is 23.1 Å². The first-order valence-corrected chi connectivity index (χ1v) is 15.3. The standard InChI is InChI=1S/C37H41NO5/c1-38(26-28-8-2-3-9-28)27-35-32-12-6-4-10-30(32)34(31-11-5-7-13-33(31)35)24-29-14-15-36-37(25-29)43-23-21-41-19-17-39-16-18-40-20-22-42-36/h2-8,10-15,25H,9,16-24,26-27H2,1H3. The first-order valence-electron chi connectivity index (χ1n) is 15.3. The quantitative estimate of drug-likeness (QED) is 0.236. The molecule has 0 radical (unpaired) electrons. The Labute approximate surface area is 254 Å². The van der Waals surface area contributed by atoms with Crippen molar-refractivity contribution in [3.8, 4) is 11.5 Å². The lowest BCUT2D eigenvalue weighted by Gasteiger charge is -2.22. The third-order valence-corrected chi connectivity index (χ3v) is 8.01. The molecule has 6 heteroatoms. The smallest absolute Gasteiger partial charge is 0.161 e. The minimum Gasteiger partial charge on any atom is -0.487 e. The van der Waals surface area contributed by atoms with Crippen LogP contribution >= 0.6 is 0 Å². The summed E-state index contributed by atoms with van der Waals surface area (Å²) in [5.41, 5.74) is 5.35. The molecule has 43 heavy (non-hydrogen) atoms. The molecule has 1 aliphatic carbocycles. The van der Waals surface area contributed by atoms with E-state index < -0.39 is 0 Å². The van der Waals surface area contributed by atoms with Gasteiger partial charge in [0.1, 0.15) is 13.2 Å². The Morgan fingerprint density at radius 3 is 1.74 bits per heavy atom. The van der Waals surface area contributed by atoms with Gasteiger partial charge in [-0.3, -0.25) is 4.90 Å². The monoisotopic (exact) mass is 579 g/mol. The normalized spacial score (nSPS) is 16.7. The zero-order chi connectivity index (χ0) is 29.3. The summed E-state index contributed by atoms with van der Waals surface area (Å²) in [6, 6.07) is 24.0. The van der Waals surface area contributed by atoms with Crippen molar-refractivity contribution in [2.75, 3.05) is 66.4 Å². The minimum absolute atomic E-state index is 0.442. The van der Waals surface area contributed by atoms with Gasteiger partial charge in [0.25, 0.3) is 0 Å². The van der Waals surface area contributed by atoms with Crippen molar-refractivity contribution in [3.05, 3.63) is 107 Å². The van der Waals surface area contributed by atoms with E-state index >= 15 is 0 Å². The molecule has 0 saturated carbocycles. The van der Waals surface area contributed by atoms with Crippen LogP contribution in [-0.4, -0.2) is 71.3 Å². The van der Waals surface area contributed by atoms with Crippen molar-refractivity contribution in [1.29, 1.82) is 0 Å². The van der Waals surface area contributed by atoms with Crippen molar-refractivity contribution < 1.29 is 23.7 Å². The molecule has 224 valence electrons. The van der Waals surface area contributed by atoms with Gasteiger partial charge < -0.3 is 23.7 Å². The number of likely N-dealkylation sites (N-methyl/N-ethyl adjacent to an activating group) is 1. The van der Waals surface area contributed by atoms with Crippen LogP contribution in [0.3, 0.4) is 0 Å². The van der Waals surface area contributed by atoms with Gasteiger partial charge in [0, 0.05) is 13.1 Å². The maximum absolute atomic E-state index is 6.19. The van der Waals surface area contributed by atoms with Gasteiger partial charge in [-0.1, -0.05) is 78.4 Å².